The molecule has 1 aromatic rings. The standard InChI is InChI=1S/C7H9N3O/c1-2-6(11)5-3-9-7(8)10-4-5/h3-4H,2H2,1H3,(H2,8,9,10). The lowest BCUT2D eigenvalue weighted by Gasteiger charge is -1.95. The highest BCUT2D eigenvalue weighted by molar-refractivity contribution is 5.95. The van der Waals surface area contributed by atoms with Crippen molar-refractivity contribution in [2.24, 2.45) is 0 Å². The van der Waals surface area contributed by atoms with Crippen molar-refractivity contribution < 1.29 is 4.79 Å². The molecule has 11 heavy (non-hydrogen) atoms. The SMILES string of the molecule is CCC(=O)c1cnc(N)nc1. The van der Waals surface area contributed by atoms with Gasteiger partial charge in [0, 0.05) is 18.8 Å². The van der Waals surface area contributed by atoms with Crippen LogP contribution in [0, 0.1) is 0 Å². The molecule has 0 bridgehead atoms. The van der Waals surface area contributed by atoms with E-state index in [0.29, 0.717) is 12.0 Å². The normalized spacial score (nSPS) is 9.55. The summed E-state index contributed by atoms with van der Waals surface area (Å²) in [5.41, 5.74) is 5.75. The van der Waals surface area contributed by atoms with Gasteiger partial charge in [-0.1, -0.05) is 6.92 Å². The first-order valence-electron chi connectivity index (χ1n) is 3.34. The van der Waals surface area contributed by atoms with Crippen LogP contribution in [0.4, 0.5) is 5.95 Å². The van der Waals surface area contributed by atoms with Crippen molar-refractivity contribution in [3.63, 3.8) is 0 Å². The topological polar surface area (TPSA) is 68.9 Å². The number of ketones is 1. The lowest BCUT2D eigenvalue weighted by atomic mass is 10.2. The maximum Gasteiger partial charge on any atom is 0.219 e. The molecule has 0 amide bonds. The summed E-state index contributed by atoms with van der Waals surface area (Å²) in [4.78, 5) is 18.4. The number of nitrogen functional groups attached to an aromatic ring is 1. The molecule has 1 heterocycles. The molecule has 1 rings (SSSR count). The first kappa shape index (κ1) is 7.65. The van der Waals surface area contributed by atoms with Crippen LogP contribution in [0.1, 0.15) is 23.7 Å². The fraction of sp³-hybridized carbons (Fsp3) is 0.286. The first-order valence-corrected chi connectivity index (χ1v) is 3.34. The van der Waals surface area contributed by atoms with Gasteiger partial charge in [0.05, 0.1) is 5.56 Å². The maximum atomic E-state index is 11.0. The number of hydrogen-bond acceptors (Lipinski definition) is 4. The Morgan fingerprint density at radius 3 is 2.55 bits per heavy atom. The summed E-state index contributed by atoms with van der Waals surface area (Å²) in [6.45, 7) is 1.79. The Morgan fingerprint density at radius 2 is 2.09 bits per heavy atom. The average Bonchev–Trinajstić information content (AvgIpc) is 2.05. The highest BCUT2D eigenvalue weighted by atomic mass is 16.1. The molecule has 0 unspecified atom stereocenters. The second kappa shape index (κ2) is 3.09. The predicted molar refractivity (Wildman–Crippen MR) is 41.1 cm³/mol. The number of nitrogens with two attached hydrogens (primary N) is 1. The summed E-state index contributed by atoms with van der Waals surface area (Å²) >= 11 is 0. The Morgan fingerprint density at radius 1 is 1.55 bits per heavy atom. The van der Waals surface area contributed by atoms with Gasteiger partial charge in [0.2, 0.25) is 5.95 Å². The fourth-order valence-corrected chi connectivity index (χ4v) is 0.686. The fourth-order valence-electron chi connectivity index (χ4n) is 0.686. The molecule has 58 valence electrons. The molecular weight excluding hydrogens is 142 g/mol. The van der Waals surface area contributed by atoms with Crippen molar-refractivity contribution in [1.29, 1.82) is 0 Å². The highest BCUT2D eigenvalue weighted by Crippen LogP contribution is 2.00. The lowest BCUT2D eigenvalue weighted by Crippen LogP contribution is -2.01. The lowest BCUT2D eigenvalue weighted by molar-refractivity contribution is 0.0987. The minimum Gasteiger partial charge on any atom is -0.368 e. The summed E-state index contributed by atoms with van der Waals surface area (Å²) in [7, 11) is 0. The van der Waals surface area contributed by atoms with E-state index in [1.54, 1.807) is 6.92 Å². The van der Waals surface area contributed by atoms with Crippen LogP contribution in [0.15, 0.2) is 12.4 Å². The van der Waals surface area contributed by atoms with Crippen molar-refractivity contribution in [1.82, 2.24) is 9.97 Å². The smallest absolute Gasteiger partial charge is 0.219 e. The number of carbonyl (C=O) groups is 1. The van der Waals surface area contributed by atoms with Gasteiger partial charge >= 0.3 is 0 Å². The Kier molecular flexibility index (Phi) is 2.15. The minimum absolute atomic E-state index is 0.0324. The van der Waals surface area contributed by atoms with Crippen molar-refractivity contribution in [3.05, 3.63) is 18.0 Å². The number of carbonyl (C=O) groups excluding carboxylic acids is 1. The second-order valence-corrected chi connectivity index (χ2v) is 2.11. The Bertz CT molecular complexity index is 255. The Balaban J connectivity index is 2.90. The monoisotopic (exact) mass is 151 g/mol. The van der Waals surface area contributed by atoms with Gasteiger partial charge in [-0.15, -0.1) is 0 Å². The van der Waals surface area contributed by atoms with E-state index in [-0.39, 0.29) is 11.7 Å². The third-order valence-electron chi connectivity index (χ3n) is 1.31. The van der Waals surface area contributed by atoms with Crippen LogP contribution in [-0.2, 0) is 0 Å². The van der Waals surface area contributed by atoms with Crippen LogP contribution >= 0.6 is 0 Å². The molecule has 0 saturated carbocycles. The van der Waals surface area contributed by atoms with Crippen LogP contribution < -0.4 is 5.73 Å². The number of nitrogens with zero attached hydrogens (tertiary/aromatic N) is 2. The Labute approximate surface area is 64.5 Å². The number of rotatable bonds is 2. The number of aromatic nitrogens is 2. The Hall–Kier alpha value is -1.45. The summed E-state index contributed by atoms with van der Waals surface area (Å²) < 4.78 is 0. The van der Waals surface area contributed by atoms with Gasteiger partial charge < -0.3 is 5.73 Å². The third-order valence-corrected chi connectivity index (χ3v) is 1.31. The largest absolute Gasteiger partial charge is 0.368 e. The van der Waals surface area contributed by atoms with Gasteiger partial charge in [-0.3, -0.25) is 4.79 Å². The van der Waals surface area contributed by atoms with Crippen LogP contribution in [0.25, 0.3) is 0 Å². The maximum absolute atomic E-state index is 11.0. The number of anilines is 1. The van der Waals surface area contributed by atoms with Gasteiger partial charge in [-0.2, -0.15) is 0 Å². The zero-order valence-corrected chi connectivity index (χ0v) is 6.24. The number of hydrogen-bond donors (Lipinski definition) is 1. The molecular formula is C7H9N3O. The highest BCUT2D eigenvalue weighted by Gasteiger charge is 2.02. The van der Waals surface area contributed by atoms with E-state index in [2.05, 4.69) is 9.97 Å². The molecule has 0 fully saturated rings. The van der Waals surface area contributed by atoms with E-state index in [1.165, 1.54) is 12.4 Å². The summed E-state index contributed by atoms with van der Waals surface area (Å²) in [5, 5.41) is 0. The molecule has 0 aliphatic carbocycles. The van der Waals surface area contributed by atoms with Gasteiger partial charge in [0.1, 0.15) is 0 Å². The molecule has 4 heteroatoms. The van der Waals surface area contributed by atoms with Crippen LogP contribution in [0.5, 0.6) is 0 Å². The van der Waals surface area contributed by atoms with Crippen molar-refractivity contribution in [2.45, 2.75) is 13.3 Å². The molecule has 0 atom stereocenters. The second-order valence-electron chi connectivity index (χ2n) is 2.11. The van der Waals surface area contributed by atoms with Gasteiger partial charge in [0.25, 0.3) is 0 Å². The molecule has 0 radical (unpaired) electrons. The van der Waals surface area contributed by atoms with E-state index in [1.807, 2.05) is 0 Å². The molecule has 1 aromatic heterocycles. The molecule has 0 saturated heterocycles. The molecule has 2 N–H and O–H groups in total. The van der Waals surface area contributed by atoms with Gasteiger partial charge in [-0.25, -0.2) is 9.97 Å². The summed E-state index contributed by atoms with van der Waals surface area (Å²) in [6, 6.07) is 0. The minimum atomic E-state index is 0.0324. The van der Waals surface area contributed by atoms with Crippen LogP contribution in [-0.4, -0.2) is 15.8 Å². The van der Waals surface area contributed by atoms with Crippen LogP contribution in [0.2, 0.25) is 0 Å². The van der Waals surface area contributed by atoms with E-state index in [0.717, 1.165) is 0 Å². The van der Waals surface area contributed by atoms with E-state index in [9.17, 15) is 4.79 Å². The van der Waals surface area contributed by atoms with Crippen LogP contribution in [0.3, 0.4) is 0 Å². The van der Waals surface area contributed by atoms with Crippen molar-refractivity contribution >= 4 is 11.7 Å². The zero-order valence-electron chi connectivity index (χ0n) is 6.24. The first-order chi connectivity index (χ1) is 5.24. The number of Topliss-reactive ketones (excluding diaryl/α,β-unsaturated/α-hetero) is 1. The predicted octanol–water partition coefficient (Wildman–Crippen LogP) is 0.651. The molecule has 4 nitrogen and oxygen atoms in total. The van der Waals surface area contributed by atoms with E-state index in [4.69, 9.17) is 5.73 Å². The summed E-state index contributed by atoms with van der Waals surface area (Å²) in [5.74, 6) is 0.225. The van der Waals surface area contributed by atoms with Gasteiger partial charge in [-0.05, 0) is 0 Å². The zero-order chi connectivity index (χ0) is 8.27. The van der Waals surface area contributed by atoms with Crippen molar-refractivity contribution in [2.75, 3.05) is 5.73 Å². The van der Waals surface area contributed by atoms with E-state index < -0.39 is 0 Å². The molecule has 0 spiro atoms. The summed E-state index contributed by atoms with van der Waals surface area (Å²) in [6.07, 6.45) is 3.34. The molecule has 0 aromatic carbocycles. The molecule has 0 aliphatic rings. The van der Waals surface area contributed by atoms with E-state index >= 15 is 0 Å². The van der Waals surface area contributed by atoms with Gasteiger partial charge in [0.15, 0.2) is 5.78 Å². The molecule has 0 aliphatic heterocycles. The average molecular weight is 151 g/mol. The quantitative estimate of drug-likeness (QED) is 0.630. The third kappa shape index (κ3) is 1.73. The van der Waals surface area contributed by atoms with Crippen molar-refractivity contribution in [3.8, 4) is 0 Å².